The summed E-state index contributed by atoms with van der Waals surface area (Å²) in [5.74, 6) is 0.881. The van der Waals surface area contributed by atoms with E-state index in [2.05, 4.69) is 49.1 Å². The minimum Gasteiger partial charge on any atom is -0.327 e. The number of hydrogen-bond acceptors (Lipinski definition) is 2. The van der Waals surface area contributed by atoms with Gasteiger partial charge in [0.05, 0.1) is 0 Å². The van der Waals surface area contributed by atoms with Crippen LogP contribution in [0.4, 0.5) is 0 Å². The summed E-state index contributed by atoms with van der Waals surface area (Å²) in [6.45, 7) is 6.99. The number of piperidine rings is 1. The number of aryl methyl sites for hydroxylation is 1. The van der Waals surface area contributed by atoms with Crippen LogP contribution in [0.3, 0.4) is 0 Å². The fourth-order valence-electron chi connectivity index (χ4n) is 3.12. The summed E-state index contributed by atoms with van der Waals surface area (Å²) in [7, 11) is 0. The standard InChI is InChI=1S/C17H28N2/c1-14-10-11-19(15(2)12-14)13-17(18)9-8-16-6-4-3-5-7-16/h3-7,14-15,17H,8-13,18H2,1-2H3. The van der Waals surface area contributed by atoms with Crippen molar-refractivity contribution >= 4 is 0 Å². The van der Waals surface area contributed by atoms with E-state index in [1.165, 1.54) is 24.9 Å². The van der Waals surface area contributed by atoms with E-state index >= 15 is 0 Å². The van der Waals surface area contributed by atoms with Crippen molar-refractivity contribution in [2.75, 3.05) is 13.1 Å². The quantitative estimate of drug-likeness (QED) is 0.881. The predicted molar refractivity (Wildman–Crippen MR) is 82.2 cm³/mol. The second kappa shape index (κ2) is 7.06. The molecule has 19 heavy (non-hydrogen) atoms. The van der Waals surface area contributed by atoms with E-state index in [1.54, 1.807) is 0 Å². The molecular weight excluding hydrogens is 232 g/mol. The molecule has 106 valence electrons. The zero-order chi connectivity index (χ0) is 13.7. The Balaban J connectivity index is 1.73. The molecule has 1 aromatic rings. The zero-order valence-electron chi connectivity index (χ0n) is 12.4. The molecule has 1 aliphatic heterocycles. The lowest BCUT2D eigenvalue weighted by molar-refractivity contribution is 0.121. The minimum absolute atomic E-state index is 0.302. The Bertz CT molecular complexity index is 363. The van der Waals surface area contributed by atoms with Gasteiger partial charge in [0.1, 0.15) is 0 Å². The maximum Gasteiger partial charge on any atom is 0.0171 e. The normalized spacial score (nSPS) is 26.3. The van der Waals surface area contributed by atoms with Crippen LogP contribution in [-0.4, -0.2) is 30.1 Å². The molecule has 1 fully saturated rings. The molecule has 0 spiro atoms. The molecule has 0 radical (unpaired) electrons. The summed E-state index contributed by atoms with van der Waals surface area (Å²) in [5.41, 5.74) is 7.71. The van der Waals surface area contributed by atoms with Gasteiger partial charge in [-0.2, -0.15) is 0 Å². The molecule has 0 amide bonds. The van der Waals surface area contributed by atoms with Crippen LogP contribution in [0.15, 0.2) is 30.3 Å². The highest BCUT2D eigenvalue weighted by Gasteiger charge is 2.23. The number of likely N-dealkylation sites (tertiary alicyclic amines) is 1. The van der Waals surface area contributed by atoms with Gasteiger partial charge in [0.2, 0.25) is 0 Å². The average Bonchev–Trinajstić information content (AvgIpc) is 2.41. The third-order valence-electron chi connectivity index (χ3n) is 4.39. The van der Waals surface area contributed by atoms with Gasteiger partial charge in [-0.15, -0.1) is 0 Å². The van der Waals surface area contributed by atoms with Gasteiger partial charge in [-0.05, 0) is 50.6 Å². The highest BCUT2D eigenvalue weighted by molar-refractivity contribution is 5.14. The van der Waals surface area contributed by atoms with Crippen molar-refractivity contribution in [3.63, 3.8) is 0 Å². The van der Waals surface area contributed by atoms with E-state index in [0.717, 1.165) is 25.3 Å². The minimum atomic E-state index is 0.302. The second-order valence-corrected chi connectivity index (χ2v) is 6.26. The monoisotopic (exact) mass is 260 g/mol. The molecule has 1 aromatic carbocycles. The third-order valence-corrected chi connectivity index (χ3v) is 4.39. The molecule has 3 unspecified atom stereocenters. The van der Waals surface area contributed by atoms with Crippen molar-refractivity contribution < 1.29 is 0 Å². The number of rotatable bonds is 5. The molecule has 1 aliphatic rings. The van der Waals surface area contributed by atoms with E-state index < -0.39 is 0 Å². The summed E-state index contributed by atoms with van der Waals surface area (Å²) in [4.78, 5) is 2.58. The highest BCUT2D eigenvalue weighted by atomic mass is 15.2. The Hall–Kier alpha value is -0.860. The van der Waals surface area contributed by atoms with Gasteiger partial charge >= 0.3 is 0 Å². The Morgan fingerprint density at radius 3 is 2.68 bits per heavy atom. The molecule has 0 aliphatic carbocycles. The van der Waals surface area contributed by atoms with Crippen molar-refractivity contribution in [2.45, 2.75) is 51.6 Å². The molecule has 2 nitrogen and oxygen atoms in total. The SMILES string of the molecule is CC1CCN(CC(N)CCc2ccccc2)C(C)C1. The number of nitrogens with zero attached hydrogens (tertiary/aromatic N) is 1. The fraction of sp³-hybridized carbons (Fsp3) is 0.647. The fourth-order valence-corrected chi connectivity index (χ4v) is 3.12. The van der Waals surface area contributed by atoms with Gasteiger partial charge in [0.25, 0.3) is 0 Å². The number of hydrogen-bond donors (Lipinski definition) is 1. The second-order valence-electron chi connectivity index (χ2n) is 6.26. The smallest absolute Gasteiger partial charge is 0.0171 e. The lowest BCUT2D eigenvalue weighted by Crippen LogP contribution is -2.46. The zero-order valence-corrected chi connectivity index (χ0v) is 12.4. The third kappa shape index (κ3) is 4.63. The lowest BCUT2D eigenvalue weighted by atomic mass is 9.92. The topological polar surface area (TPSA) is 29.3 Å². The van der Waals surface area contributed by atoms with Crippen LogP contribution in [-0.2, 0) is 6.42 Å². The van der Waals surface area contributed by atoms with Gasteiger partial charge in [0.15, 0.2) is 0 Å². The molecule has 0 bridgehead atoms. The summed E-state index contributed by atoms with van der Waals surface area (Å²) in [5, 5.41) is 0. The van der Waals surface area contributed by atoms with Crippen LogP contribution in [0.25, 0.3) is 0 Å². The van der Waals surface area contributed by atoms with Crippen LogP contribution < -0.4 is 5.73 Å². The lowest BCUT2D eigenvalue weighted by Gasteiger charge is -2.37. The number of benzene rings is 1. The Morgan fingerprint density at radius 1 is 1.26 bits per heavy atom. The van der Waals surface area contributed by atoms with E-state index in [4.69, 9.17) is 5.73 Å². The molecule has 2 rings (SSSR count). The maximum absolute atomic E-state index is 6.31. The summed E-state index contributed by atoms with van der Waals surface area (Å²) in [6.07, 6.45) is 4.84. The van der Waals surface area contributed by atoms with Gasteiger partial charge in [0, 0.05) is 18.6 Å². The van der Waals surface area contributed by atoms with Crippen molar-refractivity contribution in [3.05, 3.63) is 35.9 Å². The van der Waals surface area contributed by atoms with Crippen molar-refractivity contribution in [3.8, 4) is 0 Å². The first kappa shape index (κ1) is 14.5. The Morgan fingerprint density at radius 2 is 2.00 bits per heavy atom. The molecule has 1 heterocycles. The molecule has 3 atom stereocenters. The molecule has 1 saturated heterocycles. The van der Waals surface area contributed by atoms with E-state index in [1.807, 2.05) is 0 Å². The summed E-state index contributed by atoms with van der Waals surface area (Å²) in [6, 6.07) is 11.7. The highest BCUT2D eigenvalue weighted by Crippen LogP contribution is 2.22. The molecule has 0 aromatic heterocycles. The van der Waals surface area contributed by atoms with Gasteiger partial charge in [-0.1, -0.05) is 37.3 Å². The van der Waals surface area contributed by atoms with Gasteiger partial charge in [-0.3, -0.25) is 4.90 Å². The molecule has 0 saturated carbocycles. The van der Waals surface area contributed by atoms with E-state index in [0.29, 0.717) is 12.1 Å². The average molecular weight is 260 g/mol. The first-order valence-electron chi connectivity index (χ1n) is 7.68. The predicted octanol–water partition coefficient (Wildman–Crippen LogP) is 3.07. The van der Waals surface area contributed by atoms with Crippen molar-refractivity contribution in [1.29, 1.82) is 0 Å². The number of nitrogens with two attached hydrogens (primary N) is 1. The maximum atomic E-state index is 6.31. The Labute approximate surface area is 118 Å². The largest absolute Gasteiger partial charge is 0.327 e. The van der Waals surface area contributed by atoms with Gasteiger partial charge < -0.3 is 5.73 Å². The summed E-state index contributed by atoms with van der Waals surface area (Å²) < 4.78 is 0. The molecule has 2 heteroatoms. The van der Waals surface area contributed by atoms with Crippen LogP contribution in [0.5, 0.6) is 0 Å². The van der Waals surface area contributed by atoms with Crippen LogP contribution in [0.1, 0.15) is 38.7 Å². The Kier molecular flexibility index (Phi) is 5.41. The van der Waals surface area contributed by atoms with Gasteiger partial charge in [-0.25, -0.2) is 0 Å². The van der Waals surface area contributed by atoms with Crippen LogP contribution >= 0.6 is 0 Å². The van der Waals surface area contributed by atoms with Crippen LogP contribution in [0, 0.1) is 5.92 Å². The van der Waals surface area contributed by atoms with Crippen molar-refractivity contribution in [1.82, 2.24) is 4.90 Å². The van der Waals surface area contributed by atoms with Crippen LogP contribution in [0.2, 0.25) is 0 Å². The van der Waals surface area contributed by atoms with E-state index in [-0.39, 0.29) is 0 Å². The summed E-state index contributed by atoms with van der Waals surface area (Å²) >= 11 is 0. The molecule has 2 N–H and O–H groups in total. The van der Waals surface area contributed by atoms with E-state index in [9.17, 15) is 0 Å². The first-order valence-corrected chi connectivity index (χ1v) is 7.68. The first-order chi connectivity index (χ1) is 9.15. The van der Waals surface area contributed by atoms with Crippen molar-refractivity contribution in [2.24, 2.45) is 11.7 Å². The molecular formula is C17H28N2.